The second-order valence-corrected chi connectivity index (χ2v) is 6.91. The van der Waals surface area contributed by atoms with Gasteiger partial charge in [-0.3, -0.25) is 4.79 Å². The maximum atomic E-state index is 12.0. The number of aliphatic hydroxyl groups excluding tert-OH is 1. The van der Waals surface area contributed by atoms with Crippen LogP contribution in [0.3, 0.4) is 0 Å². The van der Waals surface area contributed by atoms with Crippen LogP contribution in [0.15, 0.2) is 0 Å². The van der Waals surface area contributed by atoms with E-state index in [9.17, 15) is 14.7 Å². The van der Waals surface area contributed by atoms with Crippen LogP contribution in [0.2, 0.25) is 0 Å². The first kappa shape index (κ1) is 15.3. The van der Waals surface area contributed by atoms with Gasteiger partial charge >= 0.3 is 6.09 Å². The van der Waals surface area contributed by atoms with Gasteiger partial charge < -0.3 is 14.7 Å². The molecule has 2 atom stereocenters. The first-order valence-corrected chi connectivity index (χ1v) is 6.88. The third-order valence-corrected chi connectivity index (χ3v) is 3.55. The standard InChI is InChI=1S/C12H21NO4S/c1-8(15)18-10-5-9(7-14)13(6-10)11(16)17-12(2,3)4/h9-10,14H,5-7H2,1-4H3/t9-,10+/m1/s1. The second kappa shape index (κ2) is 5.93. The fraction of sp³-hybridized carbons (Fsp3) is 0.833. The van der Waals surface area contributed by atoms with Crippen molar-refractivity contribution in [2.75, 3.05) is 13.2 Å². The summed E-state index contributed by atoms with van der Waals surface area (Å²) in [5.74, 6) is 0. The Morgan fingerprint density at radius 1 is 1.44 bits per heavy atom. The maximum absolute atomic E-state index is 12.0. The van der Waals surface area contributed by atoms with E-state index in [1.165, 1.54) is 23.6 Å². The molecule has 1 aliphatic rings. The number of carbonyl (C=O) groups excluding carboxylic acids is 2. The number of nitrogens with zero attached hydrogens (tertiary/aromatic N) is 1. The molecule has 1 fully saturated rings. The minimum atomic E-state index is -0.553. The summed E-state index contributed by atoms with van der Waals surface area (Å²) < 4.78 is 5.29. The quantitative estimate of drug-likeness (QED) is 0.829. The van der Waals surface area contributed by atoms with E-state index in [0.29, 0.717) is 13.0 Å². The van der Waals surface area contributed by atoms with E-state index in [4.69, 9.17) is 4.74 Å². The molecule has 1 aliphatic heterocycles. The molecule has 1 rings (SSSR count). The van der Waals surface area contributed by atoms with Gasteiger partial charge in [0.05, 0.1) is 12.6 Å². The van der Waals surface area contributed by atoms with Crippen LogP contribution in [-0.4, -0.2) is 51.3 Å². The molecule has 5 nitrogen and oxygen atoms in total. The smallest absolute Gasteiger partial charge is 0.410 e. The number of rotatable bonds is 2. The third-order valence-electron chi connectivity index (χ3n) is 2.55. The highest BCUT2D eigenvalue weighted by Crippen LogP contribution is 2.29. The highest BCUT2D eigenvalue weighted by Gasteiger charge is 2.37. The summed E-state index contributed by atoms with van der Waals surface area (Å²) in [7, 11) is 0. The van der Waals surface area contributed by atoms with Gasteiger partial charge in [0.25, 0.3) is 0 Å². The Labute approximate surface area is 112 Å². The summed E-state index contributed by atoms with van der Waals surface area (Å²) in [6, 6.07) is -0.253. The molecule has 1 amide bonds. The minimum absolute atomic E-state index is 0.0303. The van der Waals surface area contributed by atoms with Gasteiger partial charge in [-0.25, -0.2) is 4.79 Å². The first-order valence-electron chi connectivity index (χ1n) is 6.00. The molecule has 1 saturated heterocycles. The van der Waals surface area contributed by atoms with Crippen molar-refractivity contribution >= 4 is 23.0 Å². The fourth-order valence-corrected chi connectivity index (χ4v) is 2.93. The Bertz CT molecular complexity index is 327. The van der Waals surface area contributed by atoms with Crippen molar-refractivity contribution in [3.63, 3.8) is 0 Å². The zero-order chi connectivity index (χ0) is 13.9. The van der Waals surface area contributed by atoms with Crippen LogP contribution in [0.4, 0.5) is 4.79 Å². The fourth-order valence-electron chi connectivity index (χ4n) is 1.91. The zero-order valence-electron chi connectivity index (χ0n) is 11.3. The van der Waals surface area contributed by atoms with Gasteiger partial charge in [0.15, 0.2) is 5.12 Å². The Kier molecular flexibility index (Phi) is 5.04. The molecule has 6 heteroatoms. The lowest BCUT2D eigenvalue weighted by atomic mass is 10.2. The lowest BCUT2D eigenvalue weighted by molar-refractivity contribution is -0.109. The van der Waals surface area contributed by atoms with Crippen LogP contribution in [0.25, 0.3) is 0 Å². The summed E-state index contributed by atoms with van der Waals surface area (Å²) in [6.07, 6.45) is 0.202. The molecular formula is C12H21NO4S. The monoisotopic (exact) mass is 275 g/mol. The van der Waals surface area contributed by atoms with Crippen LogP contribution in [-0.2, 0) is 9.53 Å². The average Bonchev–Trinajstić information content (AvgIpc) is 2.57. The Hall–Kier alpha value is -0.750. The molecule has 1 heterocycles. The van der Waals surface area contributed by atoms with Crippen molar-refractivity contribution in [3.05, 3.63) is 0 Å². The highest BCUT2D eigenvalue weighted by atomic mass is 32.2. The molecule has 0 aromatic heterocycles. The number of ether oxygens (including phenoxy) is 1. The SMILES string of the molecule is CC(=O)S[C@H]1C[C@H](CO)N(C(=O)OC(C)(C)C)C1. The molecule has 0 aromatic rings. The van der Waals surface area contributed by atoms with E-state index in [1.807, 2.05) is 0 Å². The molecule has 0 aromatic carbocycles. The predicted molar refractivity (Wildman–Crippen MR) is 70.5 cm³/mol. The molecule has 0 saturated carbocycles. The molecule has 0 aliphatic carbocycles. The van der Waals surface area contributed by atoms with Crippen molar-refractivity contribution in [1.29, 1.82) is 0 Å². The van der Waals surface area contributed by atoms with E-state index >= 15 is 0 Å². The molecule has 18 heavy (non-hydrogen) atoms. The molecule has 0 radical (unpaired) electrons. The van der Waals surface area contributed by atoms with Gasteiger partial charge in [0.2, 0.25) is 0 Å². The second-order valence-electron chi connectivity index (χ2n) is 5.44. The summed E-state index contributed by atoms with van der Waals surface area (Å²) in [4.78, 5) is 24.5. The van der Waals surface area contributed by atoms with Crippen LogP contribution < -0.4 is 0 Å². The molecule has 0 unspecified atom stereocenters. The zero-order valence-corrected chi connectivity index (χ0v) is 12.1. The van der Waals surface area contributed by atoms with Crippen molar-refractivity contribution in [2.24, 2.45) is 0 Å². The van der Waals surface area contributed by atoms with Crippen LogP contribution in [0.5, 0.6) is 0 Å². The van der Waals surface area contributed by atoms with Gasteiger partial charge in [-0.15, -0.1) is 0 Å². The number of likely N-dealkylation sites (tertiary alicyclic amines) is 1. The van der Waals surface area contributed by atoms with Gasteiger partial charge in [-0.1, -0.05) is 11.8 Å². The van der Waals surface area contributed by atoms with Gasteiger partial charge in [0.1, 0.15) is 5.60 Å². The van der Waals surface area contributed by atoms with Crippen molar-refractivity contribution in [1.82, 2.24) is 4.90 Å². The first-order chi connectivity index (χ1) is 8.23. The van der Waals surface area contributed by atoms with E-state index in [2.05, 4.69) is 0 Å². The van der Waals surface area contributed by atoms with Crippen molar-refractivity contribution in [2.45, 2.75) is 51.0 Å². The molecule has 0 bridgehead atoms. The molecule has 1 N–H and O–H groups in total. The number of hydrogen-bond acceptors (Lipinski definition) is 5. The van der Waals surface area contributed by atoms with E-state index in [0.717, 1.165) is 0 Å². The Morgan fingerprint density at radius 3 is 2.50 bits per heavy atom. The molecule has 104 valence electrons. The normalized spacial score (nSPS) is 24.2. The predicted octanol–water partition coefficient (Wildman–Crippen LogP) is 1.64. The summed E-state index contributed by atoms with van der Waals surface area (Å²) in [6.45, 7) is 7.26. The van der Waals surface area contributed by atoms with E-state index < -0.39 is 11.7 Å². The lowest BCUT2D eigenvalue weighted by Gasteiger charge is -2.27. The van der Waals surface area contributed by atoms with Crippen LogP contribution in [0.1, 0.15) is 34.1 Å². The van der Waals surface area contributed by atoms with Gasteiger partial charge in [0, 0.05) is 18.7 Å². The number of amides is 1. The third kappa shape index (κ3) is 4.49. The number of aliphatic hydroxyl groups is 1. The Balaban J connectivity index is 2.64. The van der Waals surface area contributed by atoms with Crippen molar-refractivity contribution < 1.29 is 19.4 Å². The highest BCUT2D eigenvalue weighted by molar-refractivity contribution is 8.14. The minimum Gasteiger partial charge on any atom is -0.444 e. The maximum Gasteiger partial charge on any atom is 0.410 e. The number of carbonyl (C=O) groups is 2. The molecular weight excluding hydrogens is 254 g/mol. The summed E-state index contributed by atoms with van der Waals surface area (Å²) in [5.41, 5.74) is -0.553. The lowest BCUT2D eigenvalue weighted by Crippen LogP contribution is -2.41. The van der Waals surface area contributed by atoms with E-state index in [-0.39, 0.29) is 23.0 Å². The largest absolute Gasteiger partial charge is 0.444 e. The number of hydrogen-bond donors (Lipinski definition) is 1. The summed E-state index contributed by atoms with van der Waals surface area (Å²) >= 11 is 1.22. The van der Waals surface area contributed by atoms with Crippen LogP contribution in [0, 0.1) is 0 Å². The molecule has 0 spiro atoms. The summed E-state index contributed by atoms with van der Waals surface area (Å²) in [5, 5.41) is 9.37. The van der Waals surface area contributed by atoms with Gasteiger partial charge in [-0.05, 0) is 27.2 Å². The average molecular weight is 275 g/mol. The van der Waals surface area contributed by atoms with Crippen molar-refractivity contribution in [3.8, 4) is 0 Å². The van der Waals surface area contributed by atoms with E-state index in [1.54, 1.807) is 20.8 Å². The Morgan fingerprint density at radius 2 is 2.06 bits per heavy atom. The van der Waals surface area contributed by atoms with Crippen LogP contribution >= 0.6 is 11.8 Å². The topological polar surface area (TPSA) is 66.8 Å². The van der Waals surface area contributed by atoms with Gasteiger partial charge in [-0.2, -0.15) is 0 Å². The number of thioether (sulfide) groups is 1.